The maximum Gasteiger partial charge on any atom is 0.277 e. The van der Waals surface area contributed by atoms with Crippen molar-refractivity contribution in [1.82, 2.24) is 9.78 Å². The summed E-state index contributed by atoms with van der Waals surface area (Å²) in [7, 11) is 1.72. The Morgan fingerprint density at radius 3 is 2.52 bits per heavy atom. The van der Waals surface area contributed by atoms with Crippen molar-refractivity contribution in [2.75, 3.05) is 5.32 Å². The van der Waals surface area contributed by atoms with Crippen LogP contribution in [0.25, 0.3) is 0 Å². The van der Waals surface area contributed by atoms with E-state index in [1.807, 2.05) is 53.8 Å². The van der Waals surface area contributed by atoms with Crippen LogP contribution in [0.3, 0.4) is 0 Å². The number of anilines is 1. The number of nitrogens with one attached hydrogen (secondary N) is 1. The second-order valence-electron chi connectivity index (χ2n) is 5.84. The van der Waals surface area contributed by atoms with Crippen LogP contribution in [0.2, 0.25) is 0 Å². The molecule has 1 amide bonds. The average Bonchev–Trinajstić information content (AvgIpc) is 2.95. The molecule has 0 unspecified atom stereocenters. The lowest BCUT2D eigenvalue weighted by Gasteiger charge is -2.08. The Labute approximate surface area is 173 Å². The van der Waals surface area contributed by atoms with Gasteiger partial charge in [-0.15, -0.1) is 0 Å². The largest absolute Gasteiger partial charge is 0.320 e. The third kappa shape index (κ3) is 4.86. The van der Waals surface area contributed by atoms with Crippen molar-refractivity contribution in [2.45, 2.75) is 16.7 Å². The first kappa shape index (κ1) is 19.4. The molecular formula is C18H15IN4O3S. The van der Waals surface area contributed by atoms with Crippen molar-refractivity contribution >= 4 is 51.6 Å². The van der Waals surface area contributed by atoms with Crippen molar-refractivity contribution in [3.05, 3.63) is 73.6 Å². The van der Waals surface area contributed by atoms with E-state index in [1.54, 1.807) is 24.0 Å². The third-order valence-electron chi connectivity index (χ3n) is 3.62. The predicted molar refractivity (Wildman–Crippen MR) is 112 cm³/mol. The molecular weight excluding hydrogens is 479 g/mol. The number of halogens is 1. The van der Waals surface area contributed by atoms with Crippen molar-refractivity contribution in [3.8, 4) is 0 Å². The molecule has 1 aromatic heterocycles. The summed E-state index contributed by atoms with van der Waals surface area (Å²) in [6.45, 7) is 1.99. The SMILES string of the molecule is Cc1ccc(Sc2cc(NC(=O)c3nn(C)cc3I)cc([N+](=O)[O-])c2)cc1. The summed E-state index contributed by atoms with van der Waals surface area (Å²) in [5.41, 5.74) is 1.68. The smallest absolute Gasteiger partial charge is 0.277 e. The van der Waals surface area contributed by atoms with Gasteiger partial charge < -0.3 is 5.32 Å². The molecule has 0 aliphatic heterocycles. The Balaban J connectivity index is 1.89. The summed E-state index contributed by atoms with van der Waals surface area (Å²) in [5, 5.41) is 18.1. The highest BCUT2D eigenvalue weighted by atomic mass is 127. The van der Waals surface area contributed by atoms with Crippen LogP contribution in [0.4, 0.5) is 11.4 Å². The van der Waals surface area contributed by atoms with Gasteiger partial charge in [-0.3, -0.25) is 19.6 Å². The van der Waals surface area contributed by atoms with Crippen LogP contribution in [0, 0.1) is 20.6 Å². The number of aryl methyl sites for hydroxylation is 2. The fourth-order valence-corrected chi connectivity index (χ4v) is 4.03. The lowest BCUT2D eigenvalue weighted by atomic mass is 10.2. The van der Waals surface area contributed by atoms with E-state index in [4.69, 9.17) is 0 Å². The van der Waals surface area contributed by atoms with Gasteiger partial charge in [0.25, 0.3) is 11.6 Å². The monoisotopic (exact) mass is 494 g/mol. The molecule has 7 nitrogen and oxygen atoms in total. The van der Waals surface area contributed by atoms with Crippen molar-refractivity contribution < 1.29 is 9.72 Å². The van der Waals surface area contributed by atoms with E-state index in [-0.39, 0.29) is 11.4 Å². The Morgan fingerprint density at radius 2 is 1.93 bits per heavy atom. The molecule has 0 spiro atoms. The number of hydrogen-bond donors (Lipinski definition) is 1. The van der Waals surface area contributed by atoms with E-state index in [0.717, 1.165) is 10.5 Å². The van der Waals surface area contributed by atoms with Gasteiger partial charge in [0.2, 0.25) is 0 Å². The summed E-state index contributed by atoms with van der Waals surface area (Å²) in [6, 6.07) is 12.4. The van der Waals surface area contributed by atoms with Gasteiger partial charge in [-0.2, -0.15) is 5.10 Å². The van der Waals surface area contributed by atoms with Crippen LogP contribution in [0.5, 0.6) is 0 Å². The Kier molecular flexibility index (Phi) is 5.80. The topological polar surface area (TPSA) is 90.1 Å². The van der Waals surface area contributed by atoms with E-state index in [0.29, 0.717) is 14.2 Å². The Bertz CT molecular complexity index is 1020. The molecule has 138 valence electrons. The van der Waals surface area contributed by atoms with Gasteiger partial charge in [0.15, 0.2) is 5.69 Å². The van der Waals surface area contributed by atoms with Crippen molar-refractivity contribution in [1.29, 1.82) is 0 Å². The van der Waals surface area contributed by atoms with Crippen LogP contribution in [-0.4, -0.2) is 20.6 Å². The van der Waals surface area contributed by atoms with Gasteiger partial charge in [-0.05, 0) is 47.7 Å². The lowest BCUT2D eigenvalue weighted by Crippen LogP contribution is -2.14. The molecule has 0 aliphatic rings. The van der Waals surface area contributed by atoms with Crippen molar-refractivity contribution in [3.63, 3.8) is 0 Å². The molecule has 2 aromatic carbocycles. The summed E-state index contributed by atoms with van der Waals surface area (Å²) in [6.07, 6.45) is 1.72. The Morgan fingerprint density at radius 1 is 1.22 bits per heavy atom. The minimum Gasteiger partial charge on any atom is -0.320 e. The first-order valence-electron chi connectivity index (χ1n) is 7.86. The number of nitrogens with zero attached hydrogens (tertiary/aromatic N) is 3. The molecule has 0 saturated heterocycles. The maximum atomic E-state index is 12.5. The number of nitro benzene ring substituents is 1. The number of rotatable bonds is 5. The van der Waals surface area contributed by atoms with Crippen LogP contribution >= 0.6 is 34.4 Å². The minimum atomic E-state index is -0.473. The van der Waals surface area contributed by atoms with E-state index >= 15 is 0 Å². The highest BCUT2D eigenvalue weighted by Crippen LogP contribution is 2.33. The first-order chi connectivity index (χ1) is 12.8. The quantitative estimate of drug-likeness (QED) is 0.317. The molecule has 1 N–H and O–H groups in total. The van der Waals surface area contributed by atoms with Gasteiger partial charge in [-0.1, -0.05) is 29.5 Å². The number of non-ortho nitro benzene ring substituents is 1. The highest BCUT2D eigenvalue weighted by molar-refractivity contribution is 14.1. The zero-order valence-corrected chi connectivity index (χ0v) is 17.4. The van der Waals surface area contributed by atoms with Crippen LogP contribution in [0.1, 0.15) is 16.1 Å². The minimum absolute atomic E-state index is 0.0851. The van der Waals surface area contributed by atoms with Crippen LogP contribution in [0.15, 0.2) is 58.5 Å². The highest BCUT2D eigenvalue weighted by Gasteiger charge is 2.17. The molecule has 0 radical (unpaired) electrons. The fraction of sp³-hybridized carbons (Fsp3) is 0.111. The number of aromatic nitrogens is 2. The van der Waals surface area contributed by atoms with E-state index in [1.165, 1.54) is 23.9 Å². The third-order valence-corrected chi connectivity index (χ3v) is 5.38. The van der Waals surface area contributed by atoms with Gasteiger partial charge in [0, 0.05) is 40.9 Å². The zero-order valence-electron chi connectivity index (χ0n) is 14.5. The number of hydrogen-bond acceptors (Lipinski definition) is 5. The molecule has 3 rings (SSSR count). The summed E-state index contributed by atoms with van der Waals surface area (Å²) in [4.78, 5) is 24.9. The molecule has 0 atom stereocenters. The van der Waals surface area contributed by atoms with Gasteiger partial charge >= 0.3 is 0 Å². The molecule has 27 heavy (non-hydrogen) atoms. The van der Waals surface area contributed by atoms with Crippen LogP contribution < -0.4 is 5.32 Å². The van der Waals surface area contributed by atoms with Crippen LogP contribution in [-0.2, 0) is 7.05 Å². The maximum absolute atomic E-state index is 12.5. The first-order valence-corrected chi connectivity index (χ1v) is 9.76. The molecule has 0 aliphatic carbocycles. The van der Waals surface area contributed by atoms with E-state index in [2.05, 4.69) is 10.4 Å². The normalized spacial score (nSPS) is 10.6. The van der Waals surface area contributed by atoms with Crippen molar-refractivity contribution in [2.24, 2.45) is 7.05 Å². The van der Waals surface area contributed by atoms with E-state index < -0.39 is 10.8 Å². The molecule has 0 bridgehead atoms. The molecule has 1 heterocycles. The Hall–Kier alpha value is -2.40. The number of nitro groups is 1. The molecule has 0 saturated carbocycles. The van der Waals surface area contributed by atoms with Gasteiger partial charge in [0.05, 0.1) is 8.49 Å². The summed E-state index contributed by atoms with van der Waals surface area (Å²) < 4.78 is 2.25. The number of benzene rings is 2. The zero-order chi connectivity index (χ0) is 19.6. The summed E-state index contributed by atoms with van der Waals surface area (Å²) >= 11 is 3.42. The summed E-state index contributed by atoms with van der Waals surface area (Å²) in [5.74, 6) is -0.410. The second-order valence-corrected chi connectivity index (χ2v) is 8.15. The van der Waals surface area contributed by atoms with Gasteiger partial charge in [0.1, 0.15) is 0 Å². The number of carbonyl (C=O) groups is 1. The van der Waals surface area contributed by atoms with E-state index in [9.17, 15) is 14.9 Å². The molecule has 0 fully saturated rings. The standard InChI is InChI=1S/C18H15IN4O3S/c1-11-3-5-14(6-4-11)27-15-8-12(7-13(9-15)23(25)26)20-18(24)17-16(19)10-22(2)21-17/h3-10H,1-2H3,(H,20,24). The predicted octanol–water partition coefficient (Wildman–Crippen LogP) is 4.64. The number of amides is 1. The lowest BCUT2D eigenvalue weighted by molar-refractivity contribution is -0.385. The van der Waals surface area contributed by atoms with Gasteiger partial charge in [-0.25, -0.2) is 0 Å². The average molecular weight is 494 g/mol. The number of carbonyl (C=O) groups excluding carboxylic acids is 1. The second kappa shape index (κ2) is 8.09. The fourth-order valence-electron chi connectivity index (χ4n) is 2.37. The molecule has 9 heteroatoms. The molecule has 3 aromatic rings.